The molecule has 1 unspecified atom stereocenters. The van der Waals surface area contributed by atoms with Crippen molar-refractivity contribution in [3.05, 3.63) is 41.6 Å². The van der Waals surface area contributed by atoms with Gasteiger partial charge in [-0.3, -0.25) is 0 Å². The fraction of sp³-hybridized carbons (Fsp3) is 0.607. The van der Waals surface area contributed by atoms with E-state index in [-0.39, 0.29) is 30.3 Å². The summed E-state index contributed by atoms with van der Waals surface area (Å²) >= 11 is 0. The van der Waals surface area contributed by atoms with Gasteiger partial charge in [-0.15, -0.1) is 13.2 Å². The Morgan fingerprint density at radius 2 is 1.92 bits per heavy atom. The van der Waals surface area contributed by atoms with Crippen molar-refractivity contribution in [2.24, 2.45) is 23.2 Å². The molecule has 5 atom stereocenters. The minimum absolute atomic E-state index is 0.0256. The lowest BCUT2D eigenvalue weighted by molar-refractivity contribution is -0.274. The molecule has 0 spiro atoms. The Morgan fingerprint density at radius 1 is 1.18 bits per heavy atom. The predicted octanol–water partition coefficient (Wildman–Crippen LogP) is 4.78. The van der Waals surface area contributed by atoms with Gasteiger partial charge >= 0.3 is 6.36 Å². The van der Waals surface area contributed by atoms with Crippen LogP contribution >= 0.6 is 0 Å². The molecule has 210 valence electrons. The van der Waals surface area contributed by atoms with Gasteiger partial charge in [0.2, 0.25) is 5.95 Å². The number of anilines is 2. The summed E-state index contributed by atoms with van der Waals surface area (Å²) in [6.45, 7) is 1.88. The first kappa shape index (κ1) is 27.5. The van der Waals surface area contributed by atoms with E-state index in [0.717, 1.165) is 38.3 Å². The Labute approximate surface area is 226 Å². The van der Waals surface area contributed by atoms with E-state index in [0.29, 0.717) is 34.8 Å². The maximum Gasteiger partial charge on any atom is 0.573 e. The third kappa shape index (κ3) is 6.23. The summed E-state index contributed by atoms with van der Waals surface area (Å²) in [4.78, 5) is 11.1. The number of nitriles is 1. The van der Waals surface area contributed by atoms with Crippen molar-refractivity contribution >= 4 is 11.8 Å². The smallest absolute Gasteiger partial charge is 0.405 e. The monoisotopic (exact) mass is 544 g/mol. The molecule has 0 aliphatic heterocycles. The van der Waals surface area contributed by atoms with Crippen molar-refractivity contribution < 1.29 is 23.0 Å². The zero-order chi connectivity index (χ0) is 27.6. The molecule has 4 fully saturated rings. The van der Waals surface area contributed by atoms with Crippen molar-refractivity contribution in [1.29, 1.82) is 5.26 Å². The Bertz CT molecular complexity index is 1190. The fourth-order valence-corrected chi connectivity index (χ4v) is 7.57. The first-order chi connectivity index (χ1) is 18.7. The maximum absolute atomic E-state index is 12.8. The van der Waals surface area contributed by atoms with Crippen LogP contribution in [-0.2, 0) is 6.54 Å². The Balaban J connectivity index is 1.25. The molecule has 1 aromatic carbocycles. The fourth-order valence-electron chi connectivity index (χ4n) is 7.57. The quantitative estimate of drug-likeness (QED) is 0.371. The molecule has 2 aromatic rings. The van der Waals surface area contributed by atoms with Gasteiger partial charge in [0.05, 0.1) is 6.20 Å². The van der Waals surface area contributed by atoms with Crippen LogP contribution in [0.2, 0.25) is 0 Å². The summed E-state index contributed by atoms with van der Waals surface area (Å²) in [5.74, 6) is 2.37. The molecule has 0 radical (unpaired) electrons. The molecule has 4 bridgehead atoms. The highest BCUT2D eigenvalue weighted by atomic mass is 19.4. The molecule has 39 heavy (non-hydrogen) atoms. The Morgan fingerprint density at radius 3 is 2.62 bits per heavy atom. The number of para-hydroxylation sites is 1. The molecule has 0 amide bonds. The highest BCUT2D eigenvalue weighted by Crippen LogP contribution is 2.61. The number of halogens is 3. The second-order valence-electron chi connectivity index (χ2n) is 11.4. The number of benzene rings is 1. The summed E-state index contributed by atoms with van der Waals surface area (Å²) in [7, 11) is 2.19. The van der Waals surface area contributed by atoms with Crippen LogP contribution in [0.15, 0.2) is 30.5 Å². The molecule has 1 aromatic heterocycles. The van der Waals surface area contributed by atoms with E-state index < -0.39 is 6.36 Å². The SMILES string of the molecule is CN(CCCO)[C@@H]1[C@@H]2CC3C[C@H]1C[C@](CNc1nc(NCc4ccccc4OC(F)(F)F)ncc1C#N)(C3)C2. The van der Waals surface area contributed by atoms with Crippen molar-refractivity contribution in [3.8, 4) is 11.8 Å². The number of aliphatic hydroxyl groups is 1. The van der Waals surface area contributed by atoms with Crippen LogP contribution in [0.3, 0.4) is 0 Å². The molecule has 4 aliphatic carbocycles. The average Bonchev–Trinajstić information content (AvgIpc) is 2.89. The van der Waals surface area contributed by atoms with Gasteiger partial charge in [-0.25, -0.2) is 4.98 Å². The van der Waals surface area contributed by atoms with Crippen LogP contribution in [0.4, 0.5) is 24.9 Å². The van der Waals surface area contributed by atoms with Gasteiger partial charge in [0, 0.05) is 37.8 Å². The third-order valence-electron chi connectivity index (χ3n) is 8.70. The van der Waals surface area contributed by atoms with Crippen LogP contribution in [0.25, 0.3) is 0 Å². The van der Waals surface area contributed by atoms with Crippen molar-refractivity contribution in [2.75, 3.05) is 37.4 Å². The van der Waals surface area contributed by atoms with E-state index in [2.05, 4.69) is 43.4 Å². The molecule has 4 saturated carbocycles. The Hall–Kier alpha value is -3.10. The van der Waals surface area contributed by atoms with Gasteiger partial charge in [-0.2, -0.15) is 10.2 Å². The van der Waals surface area contributed by atoms with Crippen LogP contribution in [-0.4, -0.2) is 59.1 Å². The normalized spacial score (nSPS) is 27.4. The van der Waals surface area contributed by atoms with Gasteiger partial charge in [0.15, 0.2) is 0 Å². The molecular weight excluding hydrogens is 509 g/mol. The lowest BCUT2D eigenvalue weighted by Gasteiger charge is -2.62. The summed E-state index contributed by atoms with van der Waals surface area (Å²) in [5, 5.41) is 25.3. The number of hydrogen-bond donors (Lipinski definition) is 3. The van der Waals surface area contributed by atoms with Crippen molar-refractivity contribution in [2.45, 2.75) is 57.5 Å². The minimum atomic E-state index is -4.79. The second kappa shape index (κ2) is 11.2. The van der Waals surface area contributed by atoms with E-state index in [1.807, 2.05) is 0 Å². The summed E-state index contributed by atoms with van der Waals surface area (Å²) in [5.41, 5.74) is 0.793. The number of aromatic nitrogens is 2. The van der Waals surface area contributed by atoms with Crippen LogP contribution in [0.5, 0.6) is 5.75 Å². The van der Waals surface area contributed by atoms with Crippen molar-refractivity contribution in [3.63, 3.8) is 0 Å². The van der Waals surface area contributed by atoms with Crippen LogP contribution in [0, 0.1) is 34.5 Å². The highest BCUT2D eigenvalue weighted by molar-refractivity contribution is 5.53. The largest absolute Gasteiger partial charge is 0.573 e. The van der Waals surface area contributed by atoms with Gasteiger partial charge in [0.1, 0.15) is 23.2 Å². The van der Waals surface area contributed by atoms with E-state index in [1.54, 1.807) is 12.1 Å². The van der Waals surface area contributed by atoms with Gasteiger partial charge < -0.3 is 25.4 Å². The van der Waals surface area contributed by atoms with E-state index >= 15 is 0 Å². The number of alkyl halides is 3. The number of rotatable bonds is 11. The third-order valence-corrected chi connectivity index (χ3v) is 8.70. The standard InChI is InChI=1S/C28H35F3N6O2/c1-37(7-4-8-38)24-20-9-18-10-21(24)13-27(11-18,12-20)17-35-25-22(14-32)16-34-26(36-25)33-15-19-5-2-3-6-23(19)39-28(29,30)31/h2-3,5-6,16,18,20-21,24,38H,4,7-13,15,17H2,1H3,(H2,33,34,35,36)/t18?,20-,21+,24-,27+. The molecule has 0 saturated heterocycles. The summed E-state index contributed by atoms with van der Waals surface area (Å²) < 4.78 is 42.4. The minimum Gasteiger partial charge on any atom is -0.405 e. The molecular formula is C28H35F3N6O2. The molecule has 11 heteroatoms. The second-order valence-corrected chi connectivity index (χ2v) is 11.4. The first-order valence-electron chi connectivity index (χ1n) is 13.6. The molecule has 8 nitrogen and oxygen atoms in total. The first-order valence-corrected chi connectivity index (χ1v) is 13.6. The highest BCUT2D eigenvalue weighted by Gasteiger charge is 2.55. The topological polar surface area (TPSA) is 106 Å². The number of nitrogens with zero attached hydrogens (tertiary/aromatic N) is 4. The number of nitrogens with one attached hydrogen (secondary N) is 2. The van der Waals surface area contributed by atoms with E-state index in [1.165, 1.54) is 37.6 Å². The van der Waals surface area contributed by atoms with Gasteiger partial charge in [-0.05, 0) is 74.8 Å². The van der Waals surface area contributed by atoms with Gasteiger partial charge in [0.25, 0.3) is 0 Å². The number of aliphatic hydroxyl groups excluding tert-OH is 1. The zero-order valence-corrected chi connectivity index (χ0v) is 22.0. The molecule has 4 aliphatic rings. The lowest BCUT2D eigenvalue weighted by Crippen LogP contribution is -2.60. The average molecular weight is 545 g/mol. The number of hydrogen-bond acceptors (Lipinski definition) is 8. The van der Waals surface area contributed by atoms with E-state index in [9.17, 15) is 23.5 Å². The zero-order valence-electron chi connectivity index (χ0n) is 22.0. The molecule has 1 heterocycles. The Kier molecular flexibility index (Phi) is 7.87. The van der Waals surface area contributed by atoms with Gasteiger partial charge in [-0.1, -0.05) is 18.2 Å². The van der Waals surface area contributed by atoms with E-state index in [4.69, 9.17) is 0 Å². The van der Waals surface area contributed by atoms with Crippen LogP contribution in [0.1, 0.15) is 49.7 Å². The molecule has 3 N–H and O–H groups in total. The predicted molar refractivity (Wildman–Crippen MR) is 140 cm³/mol. The number of ether oxygens (including phenoxy) is 1. The lowest BCUT2D eigenvalue weighted by atomic mass is 9.47. The molecule has 6 rings (SSSR count). The van der Waals surface area contributed by atoms with Crippen molar-refractivity contribution in [1.82, 2.24) is 14.9 Å². The summed E-state index contributed by atoms with van der Waals surface area (Å²) in [6, 6.07) is 8.62. The summed E-state index contributed by atoms with van der Waals surface area (Å²) in [6.07, 6.45) is 3.41. The van der Waals surface area contributed by atoms with Crippen LogP contribution < -0.4 is 15.4 Å². The maximum atomic E-state index is 12.8.